The predicted octanol–water partition coefficient (Wildman–Crippen LogP) is 4.04. The highest BCUT2D eigenvalue weighted by atomic mass is 35.5. The topological polar surface area (TPSA) is 115 Å². The van der Waals surface area contributed by atoms with Crippen LogP contribution in [0, 0.1) is 5.41 Å². The van der Waals surface area contributed by atoms with E-state index in [4.69, 9.17) is 39.7 Å². The molecule has 4 heterocycles. The minimum Gasteiger partial charge on any atom is -0.364 e. The molecule has 6 rings (SSSR count). The van der Waals surface area contributed by atoms with Crippen molar-refractivity contribution in [2.45, 2.75) is 25.3 Å². The van der Waals surface area contributed by atoms with Crippen LogP contribution in [-0.2, 0) is 6.42 Å². The zero-order valence-electron chi connectivity index (χ0n) is 18.8. The Morgan fingerprint density at radius 1 is 1.09 bits per heavy atom. The van der Waals surface area contributed by atoms with Crippen LogP contribution in [0.5, 0.6) is 0 Å². The second-order valence-corrected chi connectivity index (χ2v) is 10.1. The third kappa shape index (κ3) is 3.39. The number of aromatic nitrogens is 4. The van der Waals surface area contributed by atoms with Gasteiger partial charge in [-0.3, -0.25) is 14.2 Å². The molecule has 1 aliphatic heterocycles. The van der Waals surface area contributed by atoms with Gasteiger partial charge in [0, 0.05) is 49.0 Å². The molecule has 1 atom stereocenters. The van der Waals surface area contributed by atoms with E-state index in [1.165, 1.54) is 0 Å². The van der Waals surface area contributed by atoms with Crippen LogP contribution >= 0.6 is 23.2 Å². The maximum Gasteiger partial charge on any atom is 0.268 e. The lowest BCUT2D eigenvalue weighted by molar-refractivity contribution is 0.0996. The molecule has 1 amide bonds. The summed E-state index contributed by atoms with van der Waals surface area (Å²) in [5, 5.41) is 0.692. The molecular formula is C25H23Cl2N7O. The second-order valence-electron chi connectivity index (χ2n) is 9.27. The molecule has 0 saturated carbocycles. The number of anilines is 1. The number of pyridine rings is 1. The molecule has 4 aromatic rings. The number of piperidine rings is 1. The number of nitrogens with two attached hydrogens (primary N) is 2. The fourth-order valence-corrected chi connectivity index (χ4v) is 6.00. The van der Waals surface area contributed by atoms with Crippen LogP contribution in [0.15, 0.2) is 48.9 Å². The molecule has 2 aliphatic rings. The number of fused-ring (bicyclic) bond motifs is 2. The van der Waals surface area contributed by atoms with Crippen LogP contribution in [0.25, 0.3) is 16.8 Å². The van der Waals surface area contributed by atoms with Gasteiger partial charge in [-0.05, 0) is 42.4 Å². The van der Waals surface area contributed by atoms with Gasteiger partial charge >= 0.3 is 0 Å². The third-order valence-electron chi connectivity index (χ3n) is 7.46. The van der Waals surface area contributed by atoms with Crippen molar-refractivity contribution < 1.29 is 4.79 Å². The normalized spacial score (nSPS) is 18.8. The number of rotatable bonds is 3. The second kappa shape index (κ2) is 8.19. The Kier molecular flexibility index (Phi) is 5.21. The van der Waals surface area contributed by atoms with E-state index in [9.17, 15) is 4.79 Å². The van der Waals surface area contributed by atoms with Crippen molar-refractivity contribution in [3.63, 3.8) is 0 Å². The molecule has 0 bridgehead atoms. The highest BCUT2D eigenvalue weighted by molar-refractivity contribution is 6.44. The Labute approximate surface area is 211 Å². The van der Waals surface area contributed by atoms with E-state index in [0.717, 1.165) is 43.6 Å². The van der Waals surface area contributed by atoms with Crippen LogP contribution in [-0.4, -0.2) is 38.3 Å². The maximum absolute atomic E-state index is 12.6. The predicted molar refractivity (Wildman–Crippen MR) is 136 cm³/mol. The molecule has 35 heavy (non-hydrogen) atoms. The van der Waals surface area contributed by atoms with Gasteiger partial charge in [-0.1, -0.05) is 41.4 Å². The lowest BCUT2D eigenvalue weighted by atomic mass is 9.73. The number of hydrogen-bond donors (Lipinski definition) is 2. The van der Waals surface area contributed by atoms with Crippen molar-refractivity contribution in [2.24, 2.45) is 16.9 Å². The van der Waals surface area contributed by atoms with Gasteiger partial charge in [-0.15, -0.1) is 0 Å². The molecule has 4 N–H and O–H groups in total. The van der Waals surface area contributed by atoms with Crippen LogP contribution in [0.3, 0.4) is 0 Å². The van der Waals surface area contributed by atoms with Crippen LogP contribution in [0.1, 0.15) is 40.6 Å². The summed E-state index contributed by atoms with van der Waals surface area (Å²) in [6, 6.07) is 9.23. The van der Waals surface area contributed by atoms with Gasteiger partial charge in [0.05, 0.1) is 15.6 Å². The van der Waals surface area contributed by atoms with Gasteiger partial charge in [0.15, 0.2) is 0 Å². The van der Waals surface area contributed by atoms with Gasteiger partial charge in [-0.2, -0.15) is 0 Å². The molecule has 1 saturated heterocycles. The molecule has 1 spiro atoms. The molecule has 1 fully saturated rings. The fraction of sp³-hybridized carbons (Fsp3) is 0.280. The summed E-state index contributed by atoms with van der Waals surface area (Å²) in [6.07, 6.45) is 7.99. The molecule has 1 aromatic carbocycles. The van der Waals surface area contributed by atoms with E-state index < -0.39 is 5.91 Å². The lowest BCUT2D eigenvalue weighted by Gasteiger charge is -2.42. The number of primary amides is 1. The summed E-state index contributed by atoms with van der Waals surface area (Å²) in [5.41, 5.74) is 16.4. The largest absolute Gasteiger partial charge is 0.364 e. The Morgan fingerprint density at radius 3 is 2.63 bits per heavy atom. The number of halogens is 2. The summed E-state index contributed by atoms with van der Waals surface area (Å²) in [7, 11) is 0. The van der Waals surface area contributed by atoms with Crippen molar-refractivity contribution in [1.29, 1.82) is 0 Å². The summed E-state index contributed by atoms with van der Waals surface area (Å²) in [5.74, 6) is -0.0409. The smallest absolute Gasteiger partial charge is 0.268 e. The first-order valence-electron chi connectivity index (χ1n) is 11.5. The zero-order valence-corrected chi connectivity index (χ0v) is 20.3. The monoisotopic (exact) mass is 507 g/mol. The standard InChI is InChI=1S/C25H23Cl2N7O/c26-16-5-1-3-15(19(16)27)18-20(22(29)35)32-24(34-12-9-31-23(18)34)33-10-6-25(7-11-33)13-17-14(21(25)28)4-2-8-30-17/h1-5,8-9,12,21H,6-7,10-11,13,28H2,(H2,29,35)/t21-/m1/s1. The van der Waals surface area contributed by atoms with Crippen molar-refractivity contribution >= 4 is 40.7 Å². The minimum atomic E-state index is -0.657. The molecule has 1 aliphatic carbocycles. The first kappa shape index (κ1) is 22.3. The Morgan fingerprint density at radius 2 is 1.89 bits per heavy atom. The third-order valence-corrected chi connectivity index (χ3v) is 8.28. The van der Waals surface area contributed by atoms with E-state index in [0.29, 0.717) is 32.8 Å². The first-order chi connectivity index (χ1) is 16.9. The summed E-state index contributed by atoms with van der Waals surface area (Å²) in [6.45, 7) is 1.47. The molecule has 0 unspecified atom stereocenters. The maximum atomic E-state index is 12.6. The number of carbonyl (C=O) groups is 1. The molecule has 0 radical (unpaired) electrons. The van der Waals surface area contributed by atoms with E-state index in [-0.39, 0.29) is 17.2 Å². The Balaban J connectivity index is 1.39. The number of hydrogen-bond acceptors (Lipinski definition) is 6. The summed E-state index contributed by atoms with van der Waals surface area (Å²) >= 11 is 12.8. The highest BCUT2D eigenvalue weighted by Gasteiger charge is 2.47. The van der Waals surface area contributed by atoms with Gasteiger partial charge in [0.25, 0.3) is 5.91 Å². The minimum absolute atomic E-state index is 0.0258. The van der Waals surface area contributed by atoms with Crippen molar-refractivity contribution in [2.75, 3.05) is 18.0 Å². The number of carbonyl (C=O) groups excluding carboxylic acids is 1. The highest BCUT2D eigenvalue weighted by Crippen LogP contribution is 2.50. The van der Waals surface area contributed by atoms with Crippen LogP contribution in [0.4, 0.5) is 5.95 Å². The molecule has 10 heteroatoms. The molecule has 178 valence electrons. The van der Waals surface area contributed by atoms with Gasteiger partial charge < -0.3 is 16.4 Å². The van der Waals surface area contributed by atoms with E-state index >= 15 is 0 Å². The average molecular weight is 508 g/mol. The number of amides is 1. The lowest BCUT2D eigenvalue weighted by Crippen LogP contribution is -2.45. The first-order valence-corrected chi connectivity index (χ1v) is 12.2. The molecular weight excluding hydrogens is 485 g/mol. The SMILES string of the molecule is NC(=O)c1nc(N2CCC3(CC2)Cc2ncccc2[C@H]3N)n2ccnc2c1-c1cccc(Cl)c1Cl. The quantitative estimate of drug-likeness (QED) is 0.432. The average Bonchev–Trinajstić information content (AvgIpc) is 3.44. The number of nitrogens with zero attached hydrogens (tertiary/aromatic N) is 5. The number of benzene rings is 1. The zero-order chi connectivity index (χ0) is 24.3. The van der Waals surface area contributed by atoms with Crippen LogP contribution < -0.4 is 16.4 Å². The van der Waals surface area contributed by atoms with Gasteiger partial charge in [-0.25, -0.2) is 9.97 Å². The van der Waals surface area contributed by atoms with Crippen LogP contribution in [0.2, 0.25) is 10.0 Å². The van der Waals surface area contributed by atoms with E-state index in [1.807, 2.05) is 22.9 Å². The molecule has 3 aromatic heterocycles. The van der Waals surface area contributed by atoms with Gasteiger partial charge in [0.2, 0.25) is 5.95 Å². The summed E-state index contributed by atoms with van der Waals surface area (Å²) in [4.78, 5) is 28.6. The van der Waals surface area contributed by atoms with Gasteiger partial charge in [0.1, 0.15) is 11.3 Å². The summed E-state index contributed by atoms with van der Waals surface area (Å²) < 4.78 is 1.88. The molecule has 8 nitrogen and oxygen atoms in total. The fourth-order valence-electron chi connectivity index (χ4n) is 5.61. The van der Waals surface area contributed by atoms with Crippen molar-refractivity contribution in [3.8, 4) is 11.1 Å². The Bertz CT molecular complexity index is 1480. The Hall–Kier alpha value is -3.20. The van der Waals surface area contributed by atoms with Crippen molar-refractivity contribution in [3.05, 3.63) is 75.9 Å². The van der Waals surface area contributed by atoms with E-state index in [1.54, 1.807) is 24.4 Å². The van der Waals surface area contributed by atoms with Crippen molar-refractivity contribution in [1.82, 2.24) is 19.4 Å². The van der Waals surface area contributed by atoms with E-state index in [2.05, 4.69) is 20.9 Å². The number of imidazole rings is 1.